The molecule has 1 atom stereocenters. The largest absolute Gasteiger partial charge is 0.493 e. The fourth-order valence-electron chi connectivity index (χ4n) is 3.46. The smallest absolute Gasteiger partial charge is 0.229 e. The highest BCUT2D eigenvalue weighted by Crippen LogP contribution is 2.29. The molecule has 2 heterocycles. The zero-order chi connectivity index (χ0) is 20.2. The van der Waals surface area contributed by atoms with Crippen molar-refractivity contribution in [3.8, 4) is 11.5 Å². The highest BCUT2D eigenvalue weighted by molar-refractivity contribution is 6.05. The van der Waals surface area contributed by atoms with Crippen molar-refractivity contribution in [2.24, 2.45) is 5.92 Å². The Kier molecular flexibility index (Phi) is 5.33. The molecule has 8 nitrogen and oxygen atoms in total. The number of H-pyrrole nitrogens is 1. The van der Waals surface area contributed by atoms with Gasteiger partial charge in [-0.2, -0.15) is 5.10 Å². The van der Waals surface area contributed by atoms with Gasteiger partial charge in [-0.1, -0.05) is 24.3 Å². The Balaban J connectivity index is 1.31. The summed E-state index contributed by atoms with van der Waals surface area (Å²) in [4.78, 5) is 26.6. The molecule has 1 aromatic heterocycles. The lowest BCUT2D eigenvalue weighted by molar-refractivity contribution is -0.126. The third-order valence-corrected chi connectivity index (χ3v) is 4.93. The van der Waals surface area contributed by atoms with Crippen molar-refractivity contribution in [1.29, 1.82) is 0 Å². The van der Waals surface area contributed by atoms with E-state index in [1.54, 1.807) is 12.0 Å². The summed E-state index contributed by atoms with van der Waals surface area (Å²) in [6, 6.07) is 14.9. The number of rotatable bonds is 7. The number of methoxy groups -OCH3 is 1. The second-order valence-corrected chi connectivity index (χ2v) is 6.79. The summed E-state index contributed by atoms with van der Waals surface area (Å²) in [5.41, 5.74) is 0.858. The fourth-order valence-corrected chi connectivity index (χ4v) is 3.46. The quantitative estimate of drug-likeness (QED) is 0.599. The number of para-hydroxylation sites is 3. The molecular formula is C21H22N4O4. The first-order chi connectivity index (χ1) is 14.2. The van der Waals surface area contributed by atoms with E-state index in [9.17, 15) is 9.59 Å². The van der Waals surface area contributed by atoms with E-state index in [0.29, 0.717) is 37.0 Å². The Morgan fingerprint density at radius 1 is 1.21 bits per heavy atom. The molecule has 3 aromatic rings. The predicted octanol–water partition coefficient (Wildman–Crippen LogP) is 2.12. The first-order valence-corrected chi connectivity index (χ1v) is 9.44. The average molecular weight is 394 g/mol. The number of hydrogen-bond donors (Lipinski definition) is 2. The number of amides is 2. The van der Waals surface area contributed by atoms with E-state index in [1.807, 2.05) is 48.5 Å². The number of aromatic amines is 1. The summed E-state index contributed by atoms with van der Waals surface area (Å²) < 4.78 is 10.9. The van der Waals surface area contributed by atoms with Gasteiger partial charge in [-0.25, -0.2) is 0 Å². The van der Waals surface area contributed by atoms with Crippen molar-refractivity contribution in [3.05, 3.63) is 48.5 Å². The molecule has 8 heteroatoms. The Bertz CT molecular complexity index is 1030. The first kappa shape index (κ1) is 18.8. The van der Waals surface area contributed by atoms with Crippen molar-refractivity contribution >= 4 is 28.5 Å². The zero-order valence-corrected chi connectivity index (χ0v) is 16.1. The SMILES string of the molecule is COc1ccccc1OCCNC(=O)C1CC(=O)N(c2n[nH]c3ccccc23)C1. The second kappa shape index (κ2) is 8.22. The Morgan fingerprint density at radius 3 is 2.79 bits per heavy atom. The highest BCUT2D eigenvalue weighted by atomic mass is 16.5. The van der Waals surface area contributed by atoms with E-state index in [1.165, 1.54) is 0 Å². The number of nitrogens with one attached hydrogen (secondary N) is 2. The van der Waals surface area contributed by atoms with Gasteiger partial charge in [0, 0.05) is 18.4 Å². The van der Waals surface area contributed by atoms with Crippen molar-refractivity contribution in [2.75, 3.05) is 31.7 Å². The minimum absolute atomic E-state index is 0.104. The summed E-state index contributed by atoms with van der Waals surface area (Å²) in [5, 5.41) is 10.9. The number of nitrogens with zero attached hydrogens (tertiary/aromatic N) is 2. The van der Waals surface area contributed by atoms with Crippen LogP contribution in [0.2, 0.25) is 0 Å². The third kappa shape index (κ3) is 3.87. The van der Waals surface area contributed by atoms with Gasteiger partial charge in [0.05, 0.1) is 25.1 Å². The topological polar surface area (TPSA) is 96.5 Å². The number of fused-ring (bicyclic) bond motifs is 1. The molecule has 0 spiro atoms. The Labute approximate surface area is 167 Å². The Morgan fingerprint density at radius 2 is 1.97 bits per heavy atom. The lowest BCUT2D eigenvalue weighted by atomic mass is 10.1. The van der Waals surface area contributed by atoms with E-state index < -0.39 is 5.92 Å². The van der Waals surface area contributed by atoms with Gasteiger partial charge in [0.15, 0.2) is 17.3 Å². The molecule has 0 aliphatic carbocycles. The lowest BCUT2D eigenvalue weighted by Crippen LogP contribution is -2.35. The van der Waals surface area contributed by atoms with Crippen LogP contribution in [0, 0.1) is 5.92 Å². The molecule has 29 heavy (non-hydrogen) atoms. The third-order valence-electron chi connectivity index (χ3n) is 4.93. The number of carbonyl (C=O) groups is 2. The molecule has 0 saturated carbocycles. The maximum absolute atomic E-state index is 12.5. The average Bonchev–Trinajstić information content (AvgIpc) is 3.34. The summed E-state index contributed by atoms with van der Waals surface area (Å²) in [7, 11) is 1.58. The van der Waals surface area contributed by atoms with Gasteiger partial charge in [-0.3, -0.25) is 19.6 Å². The second-order valence-electron chi connectivity index (χ2n) is 6.79. The van der Waals surface area contributed by atoms with Crippen LogP contribution in [0.1, 0.15) is 6.42 Å². The number of hydrogen-bond acceptors (Lipinski definition) is 5. The molecule has 0 bridgehead atoms. The fraction of sp³-hybridized carbons (Fsp3) is 0.286. The number of aromatic nitrogens is 2. The van der Waals surface area contributed by atoms with Crippen LogP contribution in [0.4, 0.5) is 5.82 Å². The van der Waals surface area contributed by atoms with Crippen LogP contribution < -0.4 is 19.7 Å². The number of carbonyl (C=O) groups excluding carboxylic acids is 2. The summed E-state index contributed by atoms with van der Waals surface area (Å²) in [6.45, 7) is 0.959. The maximum Gasteiger partial charge on any atom is 0.229 e. The standard InChI is InChI=1S/C21H22N4O4/c1-28-17-8-4-5-9-18(17)29-11-10-22-21(27)14-12-19(26)25(13-14)20-15-6-2-3-7-16(15)23-24-20/h2-9,14H,10-13H2,1H3,(H,22,27)(H,23,24). The molecule has 2 aromatic carbocycles. The summed E-state index contributed by atoms with van der Waals surface area (Å²) >= 11 is 0. The molecular weight excluding hydrogens is 372 g/mol. The van der Waals surface area contributed by atoms with Gasteiger partial charge >= 0.3 is 0 Å². The van der Waals surface area contributed by atoms with E-state index >= 15 is 0 Å². The number of ether oxygens (including phenoxy) is 2. The molecule has 1 saturated heterocycles. The van der Waals surface area contributed by atoms with E-state index in [-0.39, 0.29) is 18.2 Å². The lowest BCUT2D eigenvalue weighted by Gasteiger charge is -2.15. The molecule has 0 radical (unpaired) electrons. The molecule has 1 fully saturated rings. The Hall–Kier alpha value is -3.55. The van der Waals surface area contributed by atoms with Crippen LogP contribution in [0.3, 0.4) is 0 Å². The molecule has 1 aliphatic rings. The molecule has 1 aliphatic heterocycles. The summed E-state index contributed by atoms with van der Waals surface area (Å²) in [5.74, 6) is 1.15. The van der Waals surface area contributed by atoms with Gasteiger partial charge < -0.3 is 14.8 Å². The van der Waals surface area contributed by atoms with E-state index in [2.05, 4.69) is 15.5 Å². The minimum atomic E-state index is -0.413. The first-order valence-electron chi connectivity index (χ1n) is 9.44. The van der Waals surface area contributed by atoms with Crippen LogP contribution in [-0.2, 0) is 9.59 Å². The van der Waals surface area contributed by atoms with Crippen LogP contribution in [0.5, 0.6) is 11.5 Å². The van der Waals surface area contributed by atoms with Crippen LogP contribution in [0.25, 0.3) is 10.9 Å². The van der Waals surface area contributed by atoms with Gasteiger partial charge in [0.25, 0.3) is 0 Å². The normalized spacial score (nSPS) is 16.2. The van der Waals surface area contributed by atoms with E-state index in [4.69, 9.17) is 9.47 Å². The summed E-state index contributed by atoms with van der Waals surface area (Å²) in [6.07, 6.45) is 0.167. The molecule has 150 valence electrons. The maximum atomic E-state index is 12.5. The van der Waals surface area contributed by atoms with Gasteiger partial charge in [-0.05, 0) is 24.3 Å². The zero-order valence-electron chi connectivity index (χ0n) is 16.1. The molecule has 2 amide bonds. The van der Waals surface area contributed by atoms with Crippen LogP contribution >= 0.6 is 0 Å². The molecule has 1 unspecified atom stereocenters. The predicted molar refractivity (Wildman–Crippen MR) is 108 cm³/mol. The van der Waals surface area contributed by atoms with Crippen molar-refractivity contribution in [2.45, 2.75) is 6.42 Å². The van der Waals surface area contributed by atoms with Gasteiger partial charge in [0.2, 0.25) is 11.8 Å². The highest BCUT2D eigenvalue weighted by Gasteiger charge is 2.36. The van der Waals surface area contributed by atoms with Crippen LogP contribution in [-0.4, -0.2) is 48.8 Å². The molecule has 4 rings (SSSR count). The monoisotopic (exact) mass is 394 g/mol. The minimum Gasteiger partial charge on any atom is -0.493 e. The van der Waals surface area contributed by atoms with E-state index in [0.717, 1.165) is 10.9 Å². The van der Waals surface area contributed by atoms with Crippen molar-refractivity contribution in [1.82, 2.24) is 15.5 Å². The van der Waals surface area contributed by atoms with Gasteiger partial charge in [-0.15, -0.1) is 0 Å². The van der Waals surface area contributed by atoms with Crippen molar-refractivity contribution in [3.63, 3.8) is 0 Å². The van der Waals surface area contributed by atoms with Crippen LogP contribution in [0.15, 0.2) is 48.5 Å². The molecule has 2 N–H and O–H groups in total. The number of anilines is 1. The van der Waals surface area contributed by atoms with Crippen molar-refractivity contribution < 1.29 is 19.1 Å². The number of benzene rings is 2. The van der Waals surface area contributed by atoms with Gasteiger partial charge in [0.1, 0.15) is 6.61 Å².